The lowest BCUT2D eigenvalue weighted by Gasteiger charge is -2.32. The standard InChI is InChI=1S/C20H32N2O3/c1-24-16-6-5-13-22-14-11-18(12-15-22)21-20(23)10-9-17-7-3-4-8-19(17)25-2/h3-4,7-8,18H,5-6,9-16H2,1-2H3,(H,21,23). The van der Waals surface area contributed by atoms with Crippen LogP contribution >= 0.6 is 0 Å². The quantitative estimate of drug-likeness (QED) is 0.661. The number of ether oxygens (including phenoxy) is 2. The first-order chi connectivity index (χ1) is 12.2. The molecule has 0 bridgehead atoms. The van der Waals surface area contributed by atoms with E-state index in [1.807, 2.05) is 24.3 Å². The number of hydrogen-bond donors (Lipinski definition) is 1. The van der Waals surface area contributed by atoms with Crippen LogP contribution in [-0.4, -0.2) is 57.3 Å². The summed E-state index contributed by atoms with van der Waals surface area (Å²) in [6, 6.07) is 8.22. The second-order valence-electron chi connectivity index (χ2n) is 6.70. The Hall–Kier alpha value is -1.59. The normalized spacial score (nSPS) is 15.9. The predicted molar refractivity (Wildman–Crippen MR) is 100 cm³/mol. The number of carbonyl (C=O) groups is 1. The Morgan fingerprint density at radius 3 is 2.68 bits per heavy atom. The molecule has 1 amide bonds. The number of piperidine rings is 1. The van der Waals surface area contributed by atoms with Crippen molar-refractivity contribution in [2.45, 2.75) is 44.6 Å². The van der Waals surface area contributed by atoms with E-state index in [1.54, 1.807) is 14.2 Å². The number of rotatable bonds is 10. The van der Waals surface area contributed by atoms with E-state index in [9.17, 15) is 4.79 Å². The molecule has 1 fully saturated rings. The van der Waals surface area contributed by atoms with E-state index in [-0.39, 0.29) is 5.91 Å². The predicted octanol–water partition coefficient (Wildman–Crippen LogP) is 2.64. The molecule has 0 saturated carbocycles. The molecule has 1 aromatic rings. The Morgan fingerprint density at radius 2 is 1.96 bits per heavy atom. The third kappa shape index (κ3) is 7.04. The first-order valence-corrected chi connectivity index (χ1v) is 9.35. The molecule has 0 spiro atoms. The van der Waals surface area contributed by atoms with Crippen LogP contribution in [0.2, 0.25) is 0 Å². The van der Waals surface area contributed by atoms with Gasteiger partial charge in [0.25, 0.3) is 0 Å². The van der Waals surface area contributed by atoms with Crippen molar-refractivity contribution in [2.24, 2.45) is 0 Å². The van der Waals surface area contributed by atoms with Crippen LogP contribution in [-0.2, 0) is 16.0 Å². The van der Waals surface area contributed by atoms with Crippen LogP contribution in [0.25, 0.3) is 0 Å². The van der Waals surface area contributed by atoms with Gasteiger partial charge in [0.1, 0.15) is 5.75 Å². The molecule has 1 heterocycles. The van der Waals surface area contributed by atoms with Crippen molar-refractivity contribution in [3.63, 3.8) is 0 Å². The minimum absolute atomic E-state index is 0.143. The van der Waals surface area contributed by atoms with Crippen LogP contribution in [0.1, 0.15) is 37.7 Å². The van der Waals surface area contributed by atoms with Gasteiger partial charge in [-0.3, -0.25) is 4.79 Å². The van der Waals surface area contributed by atoms with Gasteiger partial charge in [0.05, 0.1) is 7.11 Å². The van der Waals surface area contributed by atoms with Crippen LogP contribution in [0.4, 0.5) is 0 Å². The van der Waals surface area contributed by atoms with Gasteiger partial charge in [-0.2, -0.15) is 0 Å². The molecule has 1 aliphatic rings. The molecule has 0 radical (unpaired) electrons. The first kappa shape index (κ1) is 19.7. The molecule has 1 aromatic carbocycles. The van der Waals surface area contributed by atoms with Gasteiger partial charge in [0.15, 0.2) is 0 Å². The summed E-state index contributed by atoms with van der Waals surface area (Å²) >= 11 is 0. The van der Waals surface area contributed by atoms with Crippen molar-refractivity contribution >= 4 is 5.91 Å². The number of para-hydroxylation sites is 1. The maximum atomic E-state index is 12.2. The molecule has 25 heavy (non-hydrogen) atoms. The summed E-state index contributed by atoms with van der Waals surface area (Å²) in [6.45, 7) is 4.13. The second kappa shape index (κ2) is 11.1. The van der Waals surface area contributed by atoms with Gasteiger partial charge < -0.3 is 19.7 Å². The van der Waals surface area contributed by atoms with Gasteiger partial charge in [0.2, 0.25) is 5.91 Å². The summed E-state index contributed by atoms with van der Waals surface area (Å²) < 4.78 is 10.4. The van der Waals surface area contributed by atoms with Crippen molar-refractivity contribution in [3.05, 3.63) is 29.8 Å². The van der Waals surface area contributed by atoms with Crippen LogP contribution in [0.15, 0.2) is 24.3 Å². The van der Waals surface area contributed by atoms with Crippen molar-refractivity contribution in [3.8, 4) is 5.75 Å². The maximum absolute atomic E-state index is 12.2. The number of hydrogen-bond acceptors (Lipinski definition) is 4. The first-order valence-electron chi connectivity index (χ1n) is 9.35. The summed E-state index contributed by atoms with van der Waals surface area (Å²) in [7, 11) is 3.42. The highest BCUT2D eigenvalue weighted by Crippen LogP contribution is 2.19. The van der Waals surface area contributed by atoms with E-state index in [0.29, 0.717) is 18.9 Å². The maximum Gasteiger partial charge on any atom is 0.220 e. The van der Waals surface area contributed by atoms with Gasteiger partial charge in [-0.25, -0.2) is 0 Å². The minimum Gasteiger partial charge on any atom is -0.496 e. The lowest BCUT2D eigenvalue weighted by atomic mass is 10.0. The van der Waals surface area contributed by atoms with Crippen molar-refractivity contribution in [2.75, 3.05) is 40.5 Å². The Kier molecular flexibility index (Phi) is 8.77. The second-order valence-corrected chi connectivity index (χ2v) is 6.70. The summed E-state index contributed by atoms with van der Waals surface area (Å²) in [6.07, 6.45) is 5.63. The van der Waals surface area contributed by atoms with Crippen LogP contribution in [0, 0.1) is 0 Å². The zero-order valence-electron chi connectivity index (χ0n) is 15.6. The minimum atomic E-state index is 0.143. The van der Waals surface area contributed by atoms with Crippen molar-refractivity contribution in [1.29, 1.82) is 0 Å². The van der Waals surface area contributed by atoms with E-state index in [1.165, 1.54) is 6.42 Å². The fourth-order valence-electron chi connectivity index (χ4n) is 3.34. The van der Waals surface area contributed by atoms with E-state index < -0.39 is 0 Å². The molecule has 5 heteroatoms. The summed E-state index contributed by atoms with van der Waals surface area (Å²) in [5.74, 6) is 1.00. The highest BCUT2D eigenvalue weighted by atomic mass is 16.5. The van der Waals surface area contributed by atoms with E-state index >= 15 is 0 Å². The molecule has 0 unspecified atom stereocenters. The number of carbonyl (C=O) groups excluding carboxylic acids is 1. The largest absolute Gasteiger partial charge is 0.496 e. The fourth-order valence-corrected chi connectivity index (χ4v) is 3.34. The average Bonchev–Trinajstić information content (AvgIpc) is 2.65. The van der Waals surface area contributed by atoms with Gasteiger partial charge in [0, 0.05) is 39.3 Å². The molecule has 5 nitrogen and oxygen atoms in total. The number of nitrogens with zero attached hydrogens (tertiary/aromatic N) is 1. The molecular weight excluding hydrogens is 316 g/mol. The zero-order valence-corrected chi connectivity index (χ0v) is 15.6. The number of methoxy groups -OCH3 is 2. The SMILES string of the molecule is COCCCCN1CCC(NC(=O)CCc2ccccc2OC)CC1. The van der Waals surface area contributed by atoms with Crippen LogP contribution in [0.5, 0.6) is 5.75 Å². The molecule has 0 aromatic heterocycles. The Bertz CT molecular complexity index is 513. The van der Waals surface area contributed by atoms with Gasteiger partial charge in [-0.15, -0.1) is 0 Å². The number of likely N-dealkylation sites (tertiary alicyclic amines) is 1. The highest BCUT2D eigenvalue weighted by Gasteiger charge is 2.20. The number of unbranched alkanes of at least 4 members (excludes halogenated alkanes) is 1. The summed E-state index contributed by atoms with van der Waals surface area (Å²) in [4.78, 5) is 14.7. The molecule has 1 aliphatic heterocycles. The Balaban J connectivity index is 1.63. The highest BCUT2D eigenvalue weighted by molar-refractivity contribution is 5.76. The van der Waals surface area contributed by atoms with Gasteiger partial charge in [-0.1, -0.05) is 18.2 Å². The zero-order chi connectivity index (χ0) is 17.9. The molecule has 0 aliphatic carbocycles. The summed E-state index contributed by atoms with van der Waals surface area (Å²) in [5, 5.41) is 3.20. The van der Waals surface area contributed by atoms with Gasteiger partial charge >= 0.3 is 0 Å². The number of nitrogens with one attached hydrogen (secondary N) is 1. The molecule has 1 saturated heterocycles. The smallest absolute Gasteiger partial charge is 0.220 e. The fraction of sp³-hybridized carbons (Fsp3) is 0.650. The van der Waals surface area contributed by atoms with Crippen molar-refractivity contribution in [1.82, 2.24) is 10.2 Å². The number of aryl methyl sites for hydroxylation is 1. The average molecular weight is 348 g/mol. The molecular formula is C20H32N2O3. The monoisotopic (exact) mass is 348 g/mol. The van der Waals surface area contributed by atoms with Crippen LogP contribution in [0.3, 0.4) is 0 Å². The van der Waals surface area contributed by atoms with Gasteiger partial charge in [-0.05, 0) is 50.3 Å². The van der Waals surface area contributed by atoms with E-state index in [2.05, 4.69) is 10.2 Å². The molecule has 140 valence electrons. The number of benzene rings is 1. The molecule has 0 atom stereocenters. The summed E-state index contributed by atoms with van der Waals surface area (Å²) in [5.41, 5.74) is 1.09. The third-order valence-electron chi connectivity index (χ3n) is 4.84. The topological polar surface area (TPSA) is 50.8 Å². The van der Waals surface area contributed by atoms with Crippen LogP contribution < -0.4 is 10.1 Å². The van der Waals surface area contributed by atoms with Crippen molar-refractivity contribution < 1.29 is 14.3 Å². The lowest BCUT2D eigenvalue weighted by molar-refractivity contribution is -0.122. The Morgan fingerprint density at radius 1 is 1.20 bits per heavy atom. The van der Waals surface area contributed by atoms with E-state index in [4.69, 9.17) is 9.47 Å². The lowest BCUT2D eigenvalue weighted by Crippen LogP contribution is -2.44. The molecule has 2 rings (SSSR count). The third-order valence-corrected chi connectivity index (χ3v) is 4.84. The number of amides is 1. The van der Waals surface area contributed by atoms with E-state index in [0.717, 1.165) is 56.8 Å². The Labute approximate surface area is 151 Å². The molecule has 1 N–H and O–H groups in total.